The maximum atomic E-state index is 4.08. The molecule has 1 unspecified atom stereocenters. The van der Waals surface area contributed by atoms with Gasteiger partial charge in [0.25, 0.3) is 0 Å². The predicted molar refractivity (Wildman–Crippen MR) is 59.9 cm³/mol. The van der Waals surface area contributed by atoms with Crippen LogP contribution in [-0.2, 0) is 5.75 Å². The normalized spacial score (nSPS) is 12.3. The Morgan fingerprint density at radius 2 is 1.92 bits per heavy atom. The molecule has 0 heterocycles. The maximum Gasteiger partial charge on any atom is 0.0132 e. The fourth-order valence-electron chi connectivity index (χ4n) is 1.04. The molecule has 0 fully saturated rings. The van der Waals surface area contributed by atoms with Crippen LogP contribution in [0.1, 0.15) is 5.56 Å². The number of rotatable bonds is 4. The van der Waals surface area contributed by atoms with Crippen LogP contribution in [0.5, 0.6) is 0 Å². The Kier molecular flexibility index (Phi) is 3.81. The van der Waals surface area contributed by atoms with Gasteiger partial charge in [0.15, 0.2) is 0 Å². The lowest BCUT2D eigenvalue weighted by Gasteiger charge is -2.03. The fraction of sp³-hybridized carbons (Fsp3) is 0.182. The van der Waals surface area contributed by atoms with E-state index in [-0.39, 0.29) is 10.5 Å². The van der Waals surface area contributed by atoms with E-state index in [2.05, 4.69) is 36.7 Å². The molecular weight excluding hydrogens is 164 g/mol. The number of hydrogen-bond acceptors (Lipinski definition) is 0. The van der Waals surface area contributed by atoms with Crippen LogP contribution in [0.4, 0.5) is 0 Å². The minimum Gasteiger partial charge on any atom is -0.185 e. The first-order chi connectivity index (χ1) is 5.83. The van der Waals surface area contributed by atoms with E-state index < -0.39 is 0 Å². The summed E-state index contributed by atoms with van der Waals surface area (Å²) in [6, 6.07) is 10.5. The summed E-state index contributed by atoms with van der Waals surface area (Å²) in [6.45, 7) is 3.71. The molecular formula is C11H14S. The van der Waals surface area contributed by atoms with Gasteiger partial charge < -0.3 is 0 Å². The van der Waals surface area contributed by atoms with Crippen molar-refractivity contribution < 1.29 is 0 Å². The molecule has 0 saturated heterocycles. The van der Waals surface area contributed by atoms with Gasteiger partial charge in [-0.15, -0.1) is 6.58 Å². The molecule has 0 amide bonds. The highest BCUT2D eigenvalue weighted by Gasteiger charge is 1.91. The van der Waals surface area contributed by atoms with Crippen LogP contribution >= 0.6 is 10.5 Å². The van der Waals surface area contributed by atoms with E-state index in [1.54, 1.807) is 0 Å². The Morgan fingerprint density at radius 1 is 1.25 bits per heavy atom. The van der Waals surface area contributed by atoms with E-state index in [9.17, 15) is 0 Å². The molecule has 0 aliphatic rings. The Morgan fingerprint density at radius 3 is 2.50 bits per heavy atom. The molecule has 0 radical (unpaired) electrons. The topological polar surface area (TPSA) is 0 Å². The van der Waals surface area contributed by atoms with Crippen molar-refractivity contribution in [2.75, 3.05) is 5.75 Å². The third kappa shape index (κ3) is 3.05. The zero-order chi connectivity index (χ0) is 8.81. The first kappa shape index (κ1) is 9.27. The van der Waals surface area contributed by atoms with Crippen LogP contribution in [0.2, 0.25) is 0 Å². The lowest BCUT2D eigenvalue weighted by Crippen LogP contribution is -1.83. The first-order valence-corrected chi connectivity index (χ1v) is 5.68. The SMILES string of the molecule is C=CCS(=C)Cc1ccccc1. The molecule has 0 nitrogen and oxygen atoms in total. The van der Waals surface area contributed by atoms with E-state index in [0.717, 1.165) is 11.5 Å². The molecule has 0 N–H and O–H groups in total. The Balaban J connectivity index is 2.52. The number of hydrogen-bond donors (Lipinski definition) is 0. The lowest BCUT2D eigenvalue weighted by molar-refractivity contribution is 1.41. The highest BCUT2D eigenvalue weighted by Crippen LogP contribution is 2.17. The van der Waals surface area contributed by atoms with Gasteiger partial charge in [-0.05, 0) is 5.56 Å². The van der Waals surface area contributed by atoms with Crippen LogP contribution in [0.15, 0.2) is 43.0 Å². The molecule has 1 aromatic rings. The largest absolute Gasteiger partial charge is 0.185 e. The molecule has 0 aliphatic carbocycles. The van der Waals surface area contributed by atoms with Crippen LogP contribution in [0.3, 0.4) is 0 Å². The summed E-state index contributed by atoms with van der Waals surface area (Å²) < 4.78 is 0. The standard InChI is InChI=1S/C11H14S/c1-3-9-12(2)10-11-7-5-4-6-8-11/h3-8H,1-2,9-10H2. The molecule has 0 spiro atoms. The van der Waals surface area contributed by atoms with E-state index in [1.165, 1.54) is 5.56 Å². The monoisotopic (exact) mass is 178 g/mol. The Labute approximate surface area is 76.9 Å². The Bertz CT molecular complexity index is 262. The van der Waals surface area contributed by atoms with Crippen LogP contribution in [0, 0.1) is 0 Å². The smallest absolute Gasteiger partial charge is 0.0132 e. The molecule has 1 rings (SSSR count). The van der Waals surface area contributed by atoms with Crippen molar-refractivity contribution in [1.82, 2.24) is 0 Å². The van der Waals surface area contributed by atoms with Gasteiger partial charge in [0.2, 0.25) is 0 Å². The third-order valence-electron chi connectivity index (χ3n) is 1.57. The van der Waals surface area contributed by atoms with E-state index in [1.807, 2.05) is 12.1 Å². The zero-order valence-corrected chi connectivity index (χ0v) is 8.02. The quantitative estimate of drug-likeness (QED) is 0.491. The van der Waals surface area contributed by atoms with Crippen LogP contribution < -0.4 is 0 Å². The molecule has 0 aromatic heterocycles. The van der Waals surface area contributed by atoms with Gasteiger partial charge in [0.05, 0.1) is 0 Å². The van der Waals surface area contributed by atoms with Gasteiger partial charge in [0.1, 0.15) is 0 Å². The van der Waals surface area contributed by atoms with Gasteiger partial charge in [-0.3, -0.25) is 0 Å². The average molecular weight is 178 g/mol. The summed E-state index contributed by atoms with van der Waals surface area (Å²) in [5, 5.41) is 0. The second-order valence-corrected chi connectivity index (χ2v) is 4.54. The molecule has 64 valence electrons. The summed E-state index contributed by atoms with van der Waals surface area (Å²) >= 11 is 0. The fourth-order valence-corrected chi connectivity index (χ4v) is 2.15. The van der Waals surface area contributed by atoms with Crippen molar-refractivity contribution in [1.29, 1.82) is 0 Å². The Hall–Kier alpha value is -0.820. The van der Waals surface area contributed by atoms with Gasteiger partial charge in [-0.25, -0.2) is 0 Å². The van der Waals surface area contributed by atoms with Gasteiger partial charge >= 0.3 is 0 Å². The predicted octanol–water partition coefficient (Wildman–Crippen LogP) is 3.07. The highest BCUT2D eigenvalue weighted by molar-refractivity contribution is 8.13. The van der Waals surface area contributed by atoms with Crippen molar-refractivity contribution >= 4 is 16.4 Å². The minimum atomic E-state index is 0.211. The average Bonchev–Trinajstić information content (AvgIpc) is 2.06. The summed E-state index contributed by atoms with van der Waals surface area (Å²) in [6.07, 6.45) is 1.94. The van der Waals surface area contributed by atoms with Gasteiger partial charge in [0, 0.05) is 11.5 Å². The molecule has 0 bridgehead atoms. The van der Waals surface area contributed by atoms with E-state index in [0.29, 0.717) is 0 Å². The number of benzene rings is 1. The second-order valence-electron chi connectivity index (χ2n) is 2.70. The highest BCUT2D eigenvalue weighted by atomic mass is 32.2. The molecule has 1 aromatic carbocycles. The van der Waals surface area contributed by atoms with Crippen LogP contribution in [0.25, 0.3) is 0 Å². The maximum absolute atomic E-state index is 4.08. The summed E-state index contributed by atoms with van der Waals surface area (Å²) in [5.74, 6) is 6.18. The second kappa shape index (κ2) is 4.94. The molecule has 1 atom stereocenters. The summed E-state index contributed by atoms with van der Waals surface area (Å²) in [5.41, 5.74) is 1.37. The van der Waals surface area contributed by atoms with E-state index in [4.69, 9.17) is 0 Å². The molecule has 0 aliphatic heterocycles. The van der Waals surface area contributed by atoms with Crippen molar-refractivity contribution in [2.24, 2.45) is 0 Å². The lowest BCUT2D eigenvalue weighted by atomic mass is 10.2. The van der Waals surface area contributed by atoms with Crippen molar-refractivity contribution in [2.45, 2.75) is 5.75 Å². The van der Waals surface area contributed by atoms with Crippen molar-refractivity contribution in [3.63, 3.8) is 0 Å². The van der Waals surface area contributed by atoms with Crippen LogP contribution in [-0.4, -0.2) is 11.6 Å². The van der Waals surface area contributed by atoms with E-state index >= 15 is 0 Å². The van der Waals surface area contributed by atoms with Crippen molar-refractivity contribution in [3.8, 4) is 0 Å². The van der Waals surface area contributed by atoms with Gasteiger partial charge in [-0.2, -0.15) is 10.5 Å². The molecule has 12 heavy (non-hydrogen) atoms. The molecule has 1 heteroatoms. The summed E-state index contributed by atoms with van der Waals surface area (Å²) in [4.78, 5) is 0. The first-order valence-electron chi connectivity index (χ1n) is 3.95. The minimum absolute atomic E-state index is 0.211. The summed E-state index contributed by atoms with van der Waals surface area (Å²) in [7, 11) is 0.211. The van der Waals surface area contributed by atoms with Crippen molar-refractivity contribution in [3.05, 3.63) is 48.6 Å². The third-order valence-corrected chi connectivity index (χ3v) is 3.02. The zero-order valence-electron chi connectivity index (χ0n) is 7.20. The van der Waals surface area contributed by atoms with Gasteiger partial charge in [-0.1, -0.05) is 42.3 Å². The molecule has 0 saturated carbocycles.